The van der Waals surface area contributed by atoms with Gasteiger partial charge in [-0.1, -0.05) is 36.4 Å². The number of aromatic nitrogens is 2. The molecule has 0 aliphatic heterocycles. The van der Waals surface area contributed by atoms with Crippen LogP contribution in [0.2, 0.25) is 0 Å². The van der Waals surface area contributed by atoms with Crippen molar-refractivity contribution >= 4 is 5.91 Å². The molecule has 0 aliphatic carbocycles. The number of nitrogens with zero attached hydrogens (tertiary/aromatic N) is 1. The van der Waals surface area contributed by atoms with Crippen LogP contribution >= 0.6 is 0 Å². The Bertz CT molecular complexity index is 1320. The smallest absolute Gasteiger partial charge is 0.330 e. The molecule has 1 heterocycles. The highest BCUT2D eigenvalue weighted by Crippen LogP contribution is 2.31. The Hall–Kier alpha value is -4.26. The number of benzene rings is 3. The van der Waals surface area contributed by atoms with Crippen LogP contribution in [-0.4, -0.2) is 22.6 Å². The molecule has 7 heteroatoms. The maximum absolute atomic E-state index is 12.8. The molecule has 0 saturated heterocycles. The number of aromatic amines is 1. The van der Waals surface area contributed by atoms with Crippen molar-refractivity contribution in [3.63, 3.8) is 0 Å². The number of carbonyl (C=O) groups excluding carboxylic acids is 1. The predicted octanol–water partition coefficient (Wildman–Crippen LogP) is 4.55. The second-order valence-corrected chi connectivity index (χ2v) is 8.00. The van der Waals surface area contributed by atoms with E-state index in [0.717, 1.165) is 16.8 Å². The number of nitrogens with one attached hydrogen (secondary N) is 2. The van der Waals surface area contributed by atoms with E-state index in [0.29, 0.717) is 29.4 Å². The molecule has 4 rings (SSSR count). The first-order chi connectivity index (χ1) is 16.5. The fraction of sp³-hybridized carbons (Fsp3) is 0.185. The lowest BCUT2D eigenvalue weighted by Crippen LogP contribution is -2.26. The predicted molar refractivity (Wildman–Crippen MR) is 131 cm³/mol. The molecule has 7 nitrogen and oxygen atoms in total. The Labute approximate surface area is 198 Å². The Kier molecular flexibility index (Phi) is 6.82. The lowest BCUT2D eigenvalue weighted by Gasteiger charge is -2.17. The SMILES string of the molecule is COc1cc(C(C)NC(=O)c2ccc(-n3c(C)c[nH]c3=O)cc2)ccc1OCc1ccccc1. The van der Waals surface area contributed by atoms with Crippen molar-refractivity contribution in [1.29, 1.82) is 0 Å². The third kappa shape index (κ3) is 5.04. The number of ether oxygens (including phenoxy) is 2. The zero-order valence-corrected chi connectivity index (χ0v) is 19.4. The molecule has 1 aromatic heterocycles. The Balaban J connectivity index is 1.43. The summed E-state index contributed by atoms with van der Waals surface area (Å²) in [7, 11) is 1.59. The van der Waals surface area contributed by atoms with Crippen molar-refractivity contribution in [3.05, 3.63) is 112 Å². The Morgan fingerprint density at radius 2 is 1.76 bits per heavy atom. The quantitative estimate of drug-likeness (QED) is 0.406. The molecule has 3 aromatic carbocycles. The highest BCUT2D eigenvalue weighted by Gasteiger charge is 2.15. The summed E-state index contributed by atoms with van der Waals surface area (Å²) in [6.07, 6.45) is 1.65. The highest BCUT2D eigenvalue weighted by atomic mass is 16.5. The van der Waals surface area contributed by atoms with Gasteiger partial charge in [0.15, 0.2) is 11.5 Å². The summed E-state index contributed by atoms with van der Waals surface area (Å²) in [4.78, 5) is 27.4. The first-order valence-electron chi connectivity index (χ1n) is 11.0. The summed E-state index contributed by atoms with van der Waals surface area (Å²) in [5.74, 6) is 1.03. The minimum absolute atomic E-state index is 0.208. The molecule has 0 saturated carbocycles. The van der Waals surface area contributed by atoms with Gasteiger partial charge in [0.2, 0.25) is 0 Å². The van der Waals surface area contributed by atoms with Gasteiger partial charge in [0, 0.05) is 17.5 Å². The molecule has 34 heavy (non-hydrogen) atoms. The third-order valence-corrected chi connectivity index (χ3v) is 5.62. The fourth-order valence-electron chi connectivity index (χ4n) is 3.71. The van der Waals surface area contributed by atoms with Gasteiger partial charge in [-0.25, -0.2) is 4.79 Å². The second kappa shape index (κ2) is 10.1. The van der Waals surface area contributed by atoms with E-state index < -0.39 is 0 Å². The van der Waals surface area contributed by atoms with Crippen LogP contribution in [0.3, 0.4) is 0 Å². The number of amides is 1. The van der Waals surface area contributed by atoms with Crippen LogP contribution in [-0.2, 0) is 6.61 Å². The van der Waals surface area contributed by atoms with Gasteiger partial charge in [-0.3, -0.25) is 9.36 Å². The van der Waals surface area contributed by atoms with Crippen LogP contribution in [0.4, 0.5) is 0 Å². The summed E-state index contributed by atoms with van der Waals surface area (Å²) in [6, 6.07) is 22.2. The standard InChI is InChI=1S/C27H27N3O4/c1-18-16-28-27(32)30(18)23-12-9-21(10-13-23)26(31)29-19(2)22-11-14-24(25(15-22)33-3)34-17-20-7-5-4-6-8-20/h4-16,19H,17H2,1-3H3,(H,28,32)(H,29,31). The van der Waals surface area contributed by atoms with Crippen molar-refractivity contribution in [2.75, 3.05) is 7.11 Å². The van der Waals surface area contributed by atoms with Gasteiger partial charge in [-0.05, 0) is 61.4 Å². The van der Waals surface area contributed by atoms with E-state index in [9.17, 15) is 9.59 Å². The molecular formula is C27H27N3O4. The molecule has 1 unspecified atom stereocenters. The third-order valence-electron chi connectivity index (χ3n) is 5.62. The average molecular weight is 458 g/mol. The molecule has 0 radical (unpaired) electrons. The van der Waals surface area contributed by atoms with Crippen LogP contribution in [0.25, 0.3) is 5.69 Å². The number of hydrogen-bond acceptors (Lipinski definition) is 4. The van der Waals surface area contributed by atoms with Crippen molar-refractivity contribution < 1.29 is 14.3 Å². The zero-order valence-electron chi connectivity index (χ0n) is 19.4. The lowest BCUT2D eigenvalue weighted by molar-refractivity contribution is 0.0940. The number of carbonyl (C=O) groups is 1. The summed E-state index contributed by atoms with van der Waals surface area (Å²) < 4.78 is 13.0. The molecule has 2 N–H and O–H groups in total. The number of H-pyrrole nitrogens is 1. The summed E-state index contributed by atoms with van der Waals surface area (Å²) in [6.45, 7) is 4.19. The first kappa shape index (κ1) is 22.9. The molecule has 174 valence electrons. The molecule has 4 aromatic rings. The van der Waals surface area contributed by atoms with Gasteiger partial charge < -0.3 is 19.8 Å². The average Bonchev–Trinajstić information content (AvgIpc) is 3.20. The van der Waals surface area contributed by atoms with E-state index in [1.807, 2.05) is 62.4 Å². The molecule has 0 spiro atoms. The topological polar surface area (TPSA) is 85.4 Å². The normalized spacial score (nSPS) is 11.6. The second-order valence-electron chi connectivity index (χ2n) is 8.00. The van der Waals surface area contributed by atoms with E-state index in [4.69, 9.17) is 9.47 Å². The van der Waals surface area contributed by atoms with Gasteiger partial charge in [0.05, 0.1) is 18.8 Å². The number of methoxy groups -OCH3 is 1. The molecule has 0 bridgehead atoms. The van der Waals surface area contributed by atoms with E-state index in [2.05, 4.69) is 10.3 Å². The maximum Gasteiger partial charge on any atom is 0.330 e. The van der Waals surface area contributed by atoms with E-state index in [1.165, 1.54) is 0 Å². The van der Waals surface area contributed by atoms with Gasteiger partial charge >= 0.3 is 5.69 Å². The van der Waals surface area contributed by atoms with Gasteiger partial charge in [0.1, 0.15) is 6.61 Å². The van der Waals surface area contributed by atoms with E-state index >= 15 is 0 Å². The van der Waals surface area contributed by atoms with Crippen LogP contribution < -0.4 is 20.5 Å². The minimum Gasteiger partial charge on any atom is -0.493 e. The number of hydrogen-bond donors (Lipinski definition) is 2. The van der Waals surface area contributed by atoms with Crippen LogP contribution in [0.5, 0.6) is 11.5 Å². The van der Waals surface area contributed by atoms with E-state index in [-0.39, 0.29) is 17.6 Å². The Morgan fingerprint density at radius 3 is 2.41 bits per heavy atom. The van der Waals surface area contributed by atoms with Gasteiger partial charge in [0.25, 0.3) is 5.91 Å². The summed E-state index contributed by atoms with van der Waals surface area (Å²) in [5.41, 5.74) is 3.74. The van der Waals surface area contributed by atoms with Crippen LogP contribution in [0.1, 0.15) is 40.1 Å². The van der Waals surface area contributed by atoms with Crippen LogP contribution in [0.15, 0.2) is 83.8 Å². The largest absolute Gasteiger partial charge is 0.493 e. The summed E-state index contributed by atoms with van der Waals surface area (Å²) >= 11 is 0. The lowest BCUT2D eigenvalue weighted by atomic mass is 10.1. The van der Waals surface area contributed by atoms with Crippen molar-refractivity contribution in [2.24, 2.45) is 0 Å². The fourth-order valence-corrected chi connectivity index (χ4v) is 3.71. The number of rotatable bonds is 8. The number of aryl methyl sites for hydroxylation is 1. The van der Waals surface area contributed by atoms with Crippen molar-refractivity contribution in [2.45, 2.75) is 26.5 Å². The molecule has 0 fully saturated rings. The van der Waals surface area contributed by atoms with Crippen molar-refractivity contribution in [3.8, 4) is 17.2 Å². The first-order valence-corrected chi connectivity index (χ1v) is 11.0. The summed E-state index contributed by atoms with van der Waals surface area (Å²) in [5, 5.41) is 3.01. The maximum atomic E-state index is 12.8. The Morgan fingerprint density at radius 1 is 1.03 bits per heavy atom. The van der Waals surface area contributed by atoms with Gasteiger partial charge in [-0.15, -0.1) is 0 Å². The molecule has 0 aliphatic rings. The molecular weight excluding hydrogens is 430 g/mol. The zero-order chi connectivity index (χ0) is 24.1. The molecule has 1 atom stereocenters. The molecule has 1 amide bonds. The monoisotopic (exact) mass is 457 g/mol. The van der Waals surface area contributed by atoms with Gasteiger partial charge in [-0.2, -0.15) is 0 Å². The van der Waals surface area contributed by atoms with Crippen molar-refractivity contribution in [1.82, 2.24) is 14.9 Å². The minimum atomic E-state index is -0.251. The van der Waals surface area contributed by atoms with E-state index in [1.54, 1.807) is 42.1 Å². The number of imidazole rings is 1. The highest BCUT2D eigenvalue weighted by molar-refractivity contribution is 5.94. The van der Waals surface area contributed by atoms with Crippen LogP contribution in [0, 0.1) is 6.92 Å².